The first-order valence-corrected chi connectivity index (χ1v) is 6.70. The van der Waals surface area contributed by atoms with Crippen LogP contribution in [0, 0.1) is 18.3 Å². The van der Waals surface area contributed by atoms with Crippen LogP contribution >= 0.6 is 0 Å². The van der Waals surface area contributed by atoms with Crippen LogP contribution in [0.15, 0.2) is 42.5 Å². The van der Waals surface area contributed by atoms with Crippen LogP contribution in [0.3, 0.4) is 0 Å². The number of aliphatic hydroxyl groups excluding tert-OH is 1. The summed E-state index contributed by atoms with van der Waals surface area (Å²) in [5, 5.41) is 22.1. The number of ether oxygens (including phenoxy) is 1. The Bertz CT molecular complexity index is 645. The lowest BCUT2D eigenvalue weighted by molar-refractivity contribution is 0.191. The molecule has 0 aromatic heterocycles. The van der Waals surface area contributed by atoms with Crippen LogP contribution in [0.5, 0.6) is 5.75 Å². The Kier molecular flexibility index (Phi) is 4.81. The van der Waals surface area contributed by atoms with Crippen molar-refractivity contribution in [1.29, 1.82) is 5.26 Å². The van der Waals surface area contributed by atoms with E-state index in [0.717, 1.165) is 22.6 Å². The molecule has 4 nitrogen and oxygen atoms in total. The van der Waals surface area contributed by atoms with E-state index in [-0.39, 0.29) is 0 Å². The summed E-state index contributed by atoms with van der Waals surface area (Å²) in [5.41, 5.74) is 3.34. The van der Waals surface area contributed by atoms with Crippen LogP contribution in [0.4, 0.5) is 5.69 Å². The standard InChI is InChI=1S/C17H18N2O2/c1-12-9-15(7-8-17(12)21-2)19-11-16(20)14-5-3-13(10-18)4-6-14/h3-9,16,19-20H,11H2,1-2H3. The number of aliphatic hydroxyl groups is 1. The van der Waals surface area contributed by atoms with Crippen molar-refractivity contribution in [3.05, 3.63) is 59.2 Å². The van der Waals surface area contributed by atoms with E-state index >= 15 is 0 Å². The van der Waals surface area contributed by atoms with Gasteiger partial charge >= 0.3 is 0 Å². The lowest BCUT2D eigenvalue weighted by atomic mass is 10.1. The number of aryl methyl sites for hydroxylation is 1. The SMILES string of the molecule is COc1ccc(NCC(O)c2ccc(C#N)cc2)cc1C. The molecule has 0 amide bonds. The minimum Gasteiger partial charge on any atom is -0.496 e. The minimum absolute atomic E-state index is 0.400. The molecule has 4 heteroatoms. The van der Waals surface area contributed by atoms with E-state index < -0.39 is 6.10 Å². The third-order valence-corrected chi connectivity index (χ3v) is 3.32. The Morgan fingerprint density at radius 2 is 1.95 bits per heavy atom. The van der Waals surface area contributed by atoms with Gasteiger partial charge in [-0.05, 0) is 48.4 Å². The monoisotopic (exact) mass is 282 g/mol. The maximum absolute atomic E-state index is 10.1. The zero-order valence-electron chi connectivity index (χ0n) is 12.1. The van der Waals surface area contributed by atoms with E-state index in [1.165, 1.54) is 0 Å². The summed E-state index contributed by atoms with van der Waals surface area (Å²) in [6.07, 6.45) is -0.625. The summed E-state index contributed by atoms with van der Waals surface area (Å²) in [7, 11) is 1.64. The van der Waals surface area contributed by atoms with E-state index in [2.05, 4.69) is 11.4 Å². The molecule has 0 radical (unpaired) electrons. The second-order valence-electron chi connectivity index (χ2n) is 4.81. The molecular weight excluding hydrogens is 264 g/mol. The fourth-order valence-electron chi connectivity index (χ4n) is 2.10. The van der Waals surface area contributed by atoms with Crippen LogP contribution < -0.4 is 10.1 Å². The normalized spacial score (nSPS) is 11.5. The van der Waals surface area contributed by atoms with Crippen molar-refractivity contribution in [2.24, 2.45) is 0 Å². The van der Waals surface area contributed by atoms with Crippen LogP contribution in [0.1, 0.15) is 22.8 Å². The van der Waals surface area contributed by atoms with Crippen LogP contribution in [-0.4, -0.2) is 18.8 Å². The molecule has 0 aliphatic heterocycles. The Balaban J connectivity index is 1.98. The van der Waals surface area contributed by atoms with Gasteiger partial charge in [-0.3, -0.25) is 0 Å². The topological polar surface area (TPSA) is 65.3 Å². The molecule has 0 aliphatic rings. The van der Waals surface area contributed by atoms with Crippen molar-refractivity contribution in [2.75, 3.05) is 19.0 Å². The Labute approximate surface area is 124 Å². The lowest BCUT2D eigenvalue weighted by Crippen LogP contribution is -2.12. The number of nitriles is 1. The molecule has 0 bridgehead atoms. The molecule has 21 heavy (non-hydrogen) atoms. The van der Waals surface area contributed by atoms with Gasteiger partial charge in [0.2, 0.25) is 0 Å². The molecular formula is C17H18N2O2. The summed E-state index contributed by atoms with van der Waals surface area (Å²) < 4.78 is 5.21. The molecule has 2 N–H and O–H groups in total. The highest BCUT2D eigenvalue weighted by Crippen LogP contribution is 2.22. The van der Waals surface area contributed by atoms with Crippen molar-refractivity contribution < 1.29 is 9.84 Å². The molecule has 0 aliphatic carbocycles. The van der Waals surface area contributed by atoms with Gasteiger partial charge in [-0.2, -0.15) is 5.26 Å². The molecule has 1 atom stereocenters. The molecule has 0 spiro atoms. The molecule has 2 rings (SSSR count). The second kappa shape index (κ2) is 6.78. The van der Waals surface area contributed by atoms with Gasteiger partial charge in [-0.25, -0.2) is 0 Å². The van der Waals surface area contributed by atoms with Gasteiger partial charge in [-0.1, -0.05) is 12.1 Å². The summed E-state index contributed by atoms with van der Waals surface area (Å²) in [6.45, 7) is 2.37. The van der Waals surface area contributed by atoms with Gasteiger partial charge in [0.25, 0.3) is 0 Å². The number of nitrogens with zero attached hydrogens (tertiary/aromatic N) is 1. The van der Waals surface area contributed by atoms with Gasteiger partial charge in [0.1, 0.15) is 5.75 Å². The third kappa shape index (κ3) is 3.74. The summed E-state index contributed by atoms with van der Waals surface area (Å²) in [5.74, 6) is 0.841. The number of rotatable bonds is 5. The Morgan fingerprint density at radius 3 is 2.52 bits per heavy atom. The van der Waals surface area contributed by atoms with Crippen molar-refractivity contribution in [3.8, 4) is 11.8 Å². The average molecular weight is 282 g/mol. The molecule has 0 fully saturated rings. The molecule has 0 saturated heterocycles. The summed E-state index contributed by atoms with van der Waals surface area (Å²) >= 11 is 0. The first-order valence-electron chi connectivity index (χ1n) is 6.70. The maximum atomic E-state index is 10.1. The fraction of sp³-hybridized carbons (Fsp3) is 0.235. The maximum Gasteiger partial charge on any atom is 0.121 e. The zero-order chi connectivity index (χ0) is 15.2. The molecule has 0 heterocycles. The Hall–Kier alpha value is -2.51. The van der Waals surface area contributed by atoms with Crippen LogP contribution in [0.25, 0.3) is 0 Å². The third-order valence-electron chi connectivity index (χ3n) is 3.32. The highest BCUT2D eigenvalue weighted by Gasteiger charge is 2.08. The predicted molar refractivity (Wildman–Crippen MR) is 82.3 cm³/mol. The average Bonchev–Trinajstić information content (AvgIpc) is 2.52. The molecule has 108 valence electrons. The minimum atomic E-state index is -0.625. The van der Waals surface area contributed by atoms with E-state index in [1.54, 1.807) is 31.4 Å². The largest absolute Gasteiger partial charge is 0.496 e. The van der Waals surface area contributed by atoms with Gasteiger partial charge < -0.3 is 15.2 Å². The quantitative estimate of drug-likeness (QED) is 0.884. The number of benzene rings is 2. The smallest absolute Gasteiger partial charge is 0.121 e. The first-order chi connectivity index (χ1) is 10.1. The van der Waals surface area contributed by atoms with Gasteiger partial charge in [0, 0.05) is 12.2 Å². The molecule has 0 saturated carbocycles. The summed E-state index contributed by atoms with van der Waals surface area (Å²) in [4.78, 5) is 0. The van der Waals surface area contributed by atoms with Gasteiger partial charge in [0.15, 0.2) is 0 Å². The van der Waals surface area contributed by atoms with Crippen molar-refractivity contribution in [2.45, 2.75) is 13.0 Å². The van der Waals surface area contributed by atoms with Gasteiger partial charge in [0.05, 0.1) is 24.8 Å². The zero-order valence-corrected chi connectivity index (χ0v) is 12.1. The number of methoxy groups -OCH3 is 1. The first kappa shape index (κ1) is 14.9. The van der Waals surface area contributed by atoms with Crippen LogP contribution in [-0.2, 0) is 0 Å². The van der Waals surface area contributed by atoms with E-state index in [0.29, 0.717) is 12.1 Å². The molecule has 2 aromatic carbocycles. The second-order valence-corrected chi connectivity index (χ2v) is 4.81. The number of anilines is 1. The highest BCUT2D eigenvalue weighted by molar-refractivity contribution is 5.51. The van der Waals surface area contributed by atoms with Crippen molar-refractivity contribution in [1.82, 2.24) is 0 Å². The van der Waals surface area contributed by atoms with E-state index in [1.807, 2.05) is 25.1 Å². The van der Waals surface area contributed by atoms with Crippen molar-refractivity contribution >= 4 is 5.69 Å². The highest BCUT2D eigenvalue weighted by atomic mass is 16.5. The number of nitrogens with one attached hydrogen (secondary N) is 1. The fourth-order valence-corrected chi connectivity index (χ4v) is 2.10. The molecule has 1 unspecified atom stereocenters. The van der Waals surface area contributed by atoms with Crippen molar-refractivity contribution in [3.63, 3.8) is 0 Å². The van der Waals surface area contributed by atoms with E-state index in [9.17, 15) is 5.11 Å². The predicted octanol–water partition coefficient (Wildman–Crippen LogP) is 3.02. The Morgan fingerprint density at radius 1 is 1.24 bits per heavy atom. The van der Waals surface area contributed by atoms with Crippen LogP contribution in [0.2, 0.25) is 0 Å². The van der Waals surface area contributed by atoms with E-state index in [4.69, 9.17) is 10.00 Å². The summed E-state index contributed by atoms with van der Waals surface area (Å²) in [6, 6.07) is 14.8. The lowest BCUT2D eigenvalue weighted by Gasteiger charge is -2.14. The molecule has 2 aromatic rings. The number of hydrogen-bond donors (Lipinski definition) is 2. The number of hydrogen-bond acceptors (Lipinski definition) is 4. The van der Waals surface area contributed by atoms with Gasteiger partial charge in [-0.15, -0.1) is 0 Å².